The Morgan fingerprint density at radius 1 is 0.289 bits per heavy atom. The fourth-order valence-corrected chi connectivity index (χ4v) is 9.42. The molecule has 0 aliphatic carbocycles. The fraction of sp³-hybridized carbons (Fsp3) is 0.351. The molecule has 83 heavy (non-hydrogen) atoms. The van der Waals surface area contributed by atoms with Crippen LogP contribution in [0, 0.1) is 65.5 Å². The Hall–Kier alpha value is -8.04. The van der Waals surface area contributed by atoms with Crippen molar-refractivity contribution in [3.63, 3.8) is 0 Å². The Labute approximate surface area is 501 Å². The number of hydrogen-bond acceptors (Lipinski definition) is 2. The normalized spacial score (nSPS) is 9.66. The van der Waals surface area contributed by atoms with Gasteiger partial charge in [-0.05, 0) is 185 Å². The first-order valence-electron chi connectivity index (χ1n) is 30.1. The predicted molar refractivity (Wildman–Crippen MR) is 370 cm³/mol. The van der Waals surface area contributed by atoms with Crippen LogP contribution in [0.2, 0.25) is 0 Å². The second-order valence-corrected chi connectivity index (χ2v) is 19.1. The summed E-state index contributed by atoms with van der Waals surface area (Å²) >= 11 is 0. The van der Waals surface area contributed by atoms with Crippen molar-refractivity contribution in [2.75, 3.05) is 0 Å². The molecule has 12 aromatic rings. The Morgan fingerprint density at radius 2 is 0.578 bits per heavy atom. The molecule has 12 rings (SSSR count). The summed E-state index contributed by atoms with van der Waals surface area (Å²) in [6, 6.07) is 43.7. The van der Waals surface area contributed by atoms with Gasteiger partial charge in [-0.25, -0.2) is 0 Å². The minimum absolute atomic E-state index is 0.138. The number of nitro benzene ring substituents is 1. The number of non-ortho nitro benzene ring substituents is 1. The van der Waals surface area contributed by atoms with Gasteiger partial charge in [0.05, 0.1) is 16.0 Å². The molecule has 6 aromatic heterocycles. The summed E-state index contributed by atoms with van der Waals surface area (Å²) in [4.78, 5) is 10.1. The highest BCUT2D eigenvalue weighted by molar-refractivity contribution is 5.86. The maximum absolute atomic E-state index is 10.5. The van der Waals surface area contributed by atoms with Gasteiger partial charge in [0.25, 0.3) is 5.69 Å². The zero-order chi connectivity index (χ0) is 63.3. The molecule has 0 atom stereocenters. The van der Waals surface area contributed by atoms with Gasteiger partial charge in [0.15, 0.2) is 0 Å². The SMILES string of the molecule is CC.CC.CC.CC.CC.CC.Cc1cc(C)c2c(ccn2C)c1.Cc1cc2ccn(C)c2c(C)c1C.Cc1ccc2c(ccn2C)c1.Cc1ccc2c(ccn2C)c1.Cc1ccc2c(ccn2C)c1.Cn1ccc2cc([N+](=O)[O-])ccc21. The van der Waals surface area contributed by atoms with Crippen LogP contribution in [0.4, 0.5) is 5.69 Å². The number of nitrogens with zero attached hydrogens (tertiary/aromatic N) is 7. The van der Waals surface area contributed by atoms with Gasteiger partial charge in [-0.3, -0.25) is 10.1 Å². The molecule has 0 N–H and O–H groups in total. The number of rotatable bonds is 1. The van der Waals surface area contributed by atoms with E-state index >= 15 is 0 Å². The lowest BCUT2D eigenvalue weighted by Crippen LogP contribution is -1.92. The molecule has 0 aliphatic heterocycles. The number of nitro groups is 1. The molecule has 0 amide bonds. The van der Waals surface area contributed by atoms with Crippen molar-refractivity contribution in [3.8, 4) is 0 Å². The van der Waals surface area contributed by atoms with E-state index in [1.807, 2.05) is 107 Å². The summed E-state index contributed by atoms with van der Waals surface area (Å²) in [5, 5.41) is 18.0. The van der Waals surface area contributed by atoms with Gasteiger partial charge in [-0.1, -0.05) is 130 Å². The average Bonchev–Trinajstić information content (AvgIpc) is 4.41. The van der Waals surface area contributed by atoms with Crippen LogP contribution in [0.25, 0.3) is 65.4 Å². The van der Waals surface area contributed by atoms with E-state index in [-0.39, 0.29) is 10.6 Å². The molecular weight excluding hydrogens is 1020 g/mol. The molecule has 448 valence electrons. The molecule has 0 aliphatic rings. The van der Waals surface area contributed by atoms with Gasteiger partial charge in [0.2, 0.25) is 0 Å². The van der Waals surface area contributed by atoms with Crippen LogP contribution >= 0.6 is 0 Å². The highest BCUT2D eigenvalue weighted by Crippen LogP contribution is 2.26. The third kappa shape index (κ3) is 20.1. The first-order chi connectivity index (χ1) is 39.8. The summed E-state index contributed by atoms with van der Waals surface area (Å²) < 4.78 is 12.7. The molecule has 9 nitrogen and oxygen atoms in total. The monoisotopic (exact) mass is 1120 g/mol. The minimum atomic E-state index is -0.382. The van der Waals surface area contributed by atoms with Crippen LogP contribution in [0.5, 0.6) is 0 Å². The largest absolute Gasteiger partial charge is 0.351 e. The van der Waals surface area contributed by atoms with Gasteiger partial charge in [0, 0.05) is 130 Å². The summed E-state index contributed by atoms with van der Waals surface area (Å²) in [6.45, 7) is 41.2. The highest BCUT2D eigenvalue weighted by atomic mass is 16.6. The van der Waals surface area contributed by atoms with Crippen LogP contribution in [0.3, 0.4) is 0 Å². The van der Waals surface area contributed by atoms with Crippen LogP contribution in [0.1, 0.15) is 128 Å². The number of fused-ring (bicyclic) bond motifs is 6. The van der Waals surface area contributed by atoms with Gasteiger partial charge in [-0.15, -0.1) is 0 Å². The van der Waals surface area contributed by atoms with Crippen molar-refractivity contribution in [1.82, 2.24) is 27.4 Å². The fourth-order valence-electron chi connectivity index (χ4n) is 9.42. The number of aromatic nitrogens is 6. The van der Waals surface area contributed by atoms with E-state index in [0.29, 0.717) is 0 Å². The van der Waals surface area contributed by atoms with E-state index in [4.69, 9.17) is 0 Å². The van der Waals surface area contributed by atoms with Crippen LogP contribution in [0.15, 0.2) is 165 Å². The molecule has 0 saturated heterocycles. The van der Waals surface area contributed by atoms with E-state index < -0.39 is 0 Å². The Balaban J connectivity index is 0.000000480. The summed E-state index contributed by atoms with van der Waals surface area (Å²) in [6.07, 6.45) is 12.4. The van der Waals surface area contributed by atoms with E-state index in [0.717, 1.165) is 10.9 Å². The van der Waals surface area contributed by atoms with Crippen LogP contribution < -0.4 is 0 Å². The van der Waals surface area contributed by atoms with E-state index in [2.05, 4.69) is 248 Å². The van der Waals surface area contributed by atoms with Crippen molar-refractivity contribution in [3.05, 3.63) is 219 Å². The van der Waals surface area contributed by atoms with Crippen molar-refractivity contribution in [2.24, 2.45) is 42.3 Å². The maximum Gasteiger partial charge on any atom is 0.270 e. The van der Waals surface area contributed by atoms with Gasteiger partial charge < -0.3 is 27.4 Å². The topological polar surface area (TPSA) is 72.7 Å². The molecule has 0 spiro atoms. The molecule has 0 radical (unpaired) electrons. The second-order valence-electron chi connectivity index (χ2n) is 19.1. The van der Waals surface area contributed by atoms with E-state index in [1.165, 1.54) is 105 Å². The Kier molecular flexibility index (Phi) is 32.7. The molecule has 0 bridgehead atoms. The average molecular weight is 1120 g/mol. The molecule has 0 fully saturated rings. The number of aryl methyl sites for hydroxylation is 13. The van der Waals surface area contributed by atoms with Crippen molar-refractivity contribution < 1.29 is 4.92 Å². The molecule has 9 heteroatoms. The summed E-state index contributed by atoms with van der Waals surface area (Å²) in [7, 11) is 12.3. The van der Waals surface area contributed by atoms with Crippen molar-refractivity contribution >= 4 is 71.1 Å². The molecule has 0 unspecified atom stereocenters. The summed E-state index contributed by atoms with van der Waals surface area (Å²) in [5.41, 5.74) is 18.6. The highest BCUT2D eigenvalue weighted by Gasteiger charge is 2.08. The molecular formula is C74H105N7O2. The first kappa shape index (κ1) is 73.0. The summed E-state index contributed by atoms with van der Waals surface area (Å²) in [5.74, 6) is 0. The minimum Gasteiger partial charge on any atom is -0.351 e. The van der Waals surface area contributed by atoms with Crippen molar-refractivity contribution in [2.45, 2.75) is 138 Å². The quantitative estimate of drug-likeness (QED) is 0.121. The number of benzene rings is 6. The standard InChI is InChI=1S/C12H15N.C11H13N.3C10H11N.C9H8N2O2.6C2H6/c1-8-7-11-5-6-13(4)12(11)10(3)9(8)2;1-8-6-9(2)11-10(7-8)4-5-12(11)3;3*1-8-3-4-10-9(7-8)5-6-11(10)2;1-10-5-4-7-6-8(11(12)13)2-3-9(7)10;6*1-2/h5-7H,1-4H3;4-7H,1-3H3;3*3-7H,1-2H3;2-6H,1H3;6*1-2H3. The van der Waals surface area contributed by atoms with E-state index in [1.54, 1.807) is 12.1 Å². The van der Waals surface area contributed by atoms with E-state index in [9.17, 15) is 10.1 Å². The molecule has 6 aromatic carbocycles. The lowest BCUT2D eigenvalue weighted by atomic mass is 10.0. The lowest BCUT2D eigenvalue weighted by molar-refractivity contribution is -0.384. The third-order valence-electron chi connectivity index (χ3n) is 13.5. The van der Waals surface area contributed by atoms with Gasteiger partial charge in [-0.2, -0.15) is 0 Å². The van der Waals surface area contributed by atoms with Gasteiger partial charge in [0.1, 0.15) is 0 Å². The zero-order valence-electron chi connectivity index (χ0n) is 56.0. The molecule has 0 saturated carbocycles. The number of hydrogen-bond donors (Lipinski definition) is 0. The van der Waals surface area contributed by atoms with Crippen LogP contribution in [-0.2, 0) is 42.3 Å². The maximum atomic E-state index is 10.5. The predicted octanol–water partition coefficient (Wildman–Crippen LogP) is 21.6. The van der Waals surface area contributed by atoms with Crippen LogP contribution in [-0.4, -0.2) is 32.3 Å². The third-order valence-corrected chi connectivity index (χ3v) is 13.5. The smallest absolute Gasteiger partial charge is 0.270 e. The first-order valence-corrected chi connectivity index (χ1v) is 30.1. The van der Waals surface area contributed by atoms with Crippen molar-refractivity contribution in [1.29, 1.82) is 0 Å². The molecule has 6 heterocycles. The lowest BCUT2D eigenvalue weighted by Gasteiger charge is -2.08. The Morgan fingerprint density at radius 3 is 0.940 bits per heavy atom. The Bertz CT molecular complexity index is 3620. The van der Waals surface area contributed by atoms with Gasteiger partial charge >= 0.3 is 0 Å². The second kappa shape index (κ2) is 37.1. The zero-order valence-corrected chi connectivity index (χ0v) is 56.0.